The summed E-state index contributed by atoms with van der Waals surface area (Å²) in [5.41, 5.74) is -15.5. The predicted octanol–water partition coefficient (Wildman–Crippen LogP) is 7.93. The highest BCUT2D eigenvalue weighted by molar-refractivity contribution is 6.14. The SMILES string of the molecule is N#CC(=C1C(=C(C#N)c2c(C#N)cc(C#N)cc2C(F)(F)F)C1=C(C#N)c1c(C#N)cc(C#N)cc1C(F)(F)F)c1c(N)cc(C#N)cc1C(F)(F)F. The molecule has 0 heterocycles. The average molecular weight is 725 g/mol. The molecule has 0 saturated heterocycles. The van der Waals surface area contributed by atoms with Gasteiger partial charge in [-0.3, -0.25) is 0 Å². The van der Waals surface area contributed by atoms with Gasteiger partial charge in [0.15, 0.2) is 0 Å². The number of allylic oxidation sites excluding steroid dienone is 6. The molecule has 18 heteroatoms. The molecular weight excluding hydrogens is 717 g/mol. The van der Waals surface area contributed by atoms with E-state index in [4.69, 9.17) is 5.73 Å². The molecule has 0 atom stereocenters. The van der Waals surface area contributed by atoms with Crippen LogP contribution in [0.1, 0.15) is 61.2 Å². The van der Waals surface area contributed by atoms with Gasteiger partial charge in [-0.2, -0.15) is 81.6 Å². The summed E-state index contributed by atoms with van der Waals surface area (Å²) in [6, 6.07) is 13.4. The molecule has 2 N–H and O–H groups in total. The number of halogens is 9. The van der Waals surface area contributed by atoms with E-state index in [1.54, 1.807) is 0 Å². The molecule has 1 saturated carbocycles. The summed E-state index contributed by atoms with van der Waals surface area (Å²) in [7, 11) is 0. The second-order valence-electron chi connectivity index (χ2n) is 10.5. The molecule has 256 valence electrons. The molecule has 0 bridgehead atoms. The zero-order valence-corrected chi connectivity index (χ0v) is 25.5. The minimum Gasteiger partial charge on any atom is -0.398 e. The standard InChI is InChI=1S/C35H8F9N9/c36-33(37,38)23-3-15(7-45)1-18(10-48)27(23)20(12-50)30-31(21(13-51)28-19(11-49)2-16(8-46)4-24(28)34(39,40)41)32(30)22(14-52)29-25(35(42,43)44)5-17(9-47)6-26(29)53/h1-6H,53H2. The van der Waals surface area contributed by atoms with Crippen LogP contribution in [0.15, 0.2) is 53.1 Å². The lowest BCUT2D eigenvalue weighted by atomic mass is 9.90. The highest BCUT2D eigenvalue weighted by Crippen LogP contribution is 2.59. The fourth-order valence-electron chi connectivity index (χ4n) is 5.46. The Morgan fingerprint density at radius 3 is 0.962 bits per heavy atom. The number of alkyl halides is 9. The molecule has 3 aromatic rings. The van der Waals surface area contributed by atoms with E-state index in [0.717, 1.165) is 0 Å². The molecule has 1 fully saturated rings. The van der Waals surface area contributed by atoms with Crippen molar-refractivity contribution in [3.05, 3.63) is 114 Å². The fourth-order valence-corrected chi connectivity index (χ4v) is 5.46. The largest absolute Gasteiger partial charge is 0.417 e. The van der Waals surface area contributed by atoms with Crippen molar-refractivity contribution >= 4 is 22.4 Å². The predicted molar refractivity (Wildman–Crippen MR) is 160 cm³/mol. The third-order valence-electron chi connectivity index (χ3n) is 7.51. The maximum Gasteiger partial charge on any atom is 0.417 e. The van der Waals surface area contributed by atoms with E-state index in [1.807, 2.05) is 0 Å². The molecule has 0 aliphatic heterocycles. The third kappa shape index (κ3) is 6.64. The first-order chi connectivity index (χ1) is 24.8. The van der Waals surface area contributed by atoms with Gasteiger partial charge in [0.1, 0.15) is 18.2 Å². The number of nitrogen functional groups attached to an aromatic ring is 1. The molecule has 0 amide bonds. The molecule has 4 rings (SSSR count). The van der Waals surface area contributed by atoms with Crippen LogP contribution in [-0.2, 0) is 18.5 Å². The number of nitrogens with two attached hydrogens (primary N) is 1. The topological polar surface area (TPSA) is 216 Å². The number of anilines is 1. The molecule has 0 unspecified atom stereocenters. The van der Waals surface area contributed by atoms with E-state index in [2.05, 4.69) is 0 Å². The Kier molecular flexibility index (Phi) is 9.52. The van der Waals surface area contributed by atoms with Gasteiger partial charge in [0.05, 0.1) is 91.6 Å². The Morgan fingerprint density at radius 2 is 0.698 bits per heavy atom. The smallest absolute Gasteiger partial charge is 0.398 e. The van der Waals surface area contributed by atoms with E-state index in [-0.39, 0.29) is 18.2 Å². The number of hydrogen-bond donors (Lipinski definition) is 1. The summed E-state index contributed by atoms with van der Waals surface area (Å²) >= 11 is 0. The van der Waals surface area contributed by atoms with Crippen molar-refractivity contribution in [3.63, 3.8) is 0 Å². The van der Waals surface area contributed by atoms with Crippen molar-refractivity contribution in [2.45, 2.75) is 18.5 Å². The summed E-state index contributed by atoms with van der Waals surface area (Å²) in [4.78, 5) is 0. The van der Waals surface area contributed by atoms with Crippen molar-refractivity contribution < 1.29 is 39.5 Å². The van der Waals surface area contributed by atoms with Gasteiger partial charge in [-0.1, -0.05) is 0 Å². The van der Waals surface area contributed by atoms with Crippen LogP contribution in [0.5, 0.6) is 0 Å². The van der Waals surface area contributed by atoms with E-state index in [9.17, 15) is 81.6 Å². The third-order valence-corrected chi connectivity index (χ3v) is 7.51. The first-order valence-corrected chi connectivity index (χ1v) is 13.7. The Balaban J connectivity index is 2.45. The highest BCUT2D eigenvalue weighted by atomic mass is 19.4. The number of nitrogens with zero attached hydrogens (tertiary/aromatic N) is 8. The molecule has 1 aliphatic carbocycles. The number of nitriles is 8. The Hall–Kier alpha value is -8.03. The van der Waals surface area contributed by atoms with Crippen molar-refractivity contribution in [3.8, 4) is 48.6 Å². The molecular formula is C35H8F9N9. The summed E-state index contributed by atoms with van der Waals surface area (Å²) in [5.74, 6) is 0. The van der Waals surface area contributed by atoms with Crippen LogP contribution >= 0.6 is 0 Å². The van der Waals surface area contributed by atoms with Gasteiger partial charge in [-0.15, -0.1) is 0 Å². The van der Waals surface area contributed by atoms with Crippen molar-refractivity contribution in [1.29, 1.82) is 42.1 Å². The van der Waals surface area contributed by atoms with Gasteiger partial charge >= 0.3 is 18.5 Å². The highest BCUT2D eigenvalue weighted by Gasteiger charge is 2.48. The molecule has 0 aromatic heterocycles. The first kappa shape index (κ1) is 37.8. The minimum absolute atomic E-state index is 0.205. The summed E-state index contributed by atoms with van der Waals surface area (Å²) < 4.78 is 130. The van der Waals surface area contributed by atoms with Gasteiger partial charge in [-0.05, 0) is 36.4 Å². The maximum atomic E-state index is 14.5. The van der Waals surface area contributed by atoms with E-state index < -0.39 is 119 Å². The molecule has 53 heavy (non-hydrogen) atoms. The van der Waals surface area contributed by atoms with Crippen LogP contribution in [-0.4, -0.2) is 0 Å². The normalized spacial score (nSPS) is 14.1. The number of hydrogen-bond acceptors (Lipinski definition) is 9. The second kappa shape index (κ2) is 13.4. The van der Waals surface area contributed by atoms with Crippen molar-refractivity contribution in [1.82, 2.24) is 0 Å². The van der Waals surface area contributed by atoms with Crippen LogP contribution in [0.3, 0.4) is 0 Å². The average Bonchev–Trinajstić information content (AvgIpc) is 3.81. The Bertz CT molecular complexity index is 2490. The summed E-state index contributed by atoms with van der Waals surface area (Å²) in [6.45, 7) is 0. The summed E-state index contributed by atoms with van der Waals surface area (Å²) in [6.07, 6.45) is -16.4. The first-order valence-electron chi connectivity index (χ1n) is 13.7. The number of benzene rings is 3. The van der Waals surface area contributed by atoms with Gasteiger partial charge < -0.3 is 5.73 Å². The Labute approximate surface area is 291 Å². The molecule has 3 aromatic carbocycles. The second-order valence-corrected chi connectivity index (χ2v) is 10.5. The van der Waals surface area contributed by atoms with E-state index in [0.29, 0.717) is 18.2 Å². The van der Waals surface area contributed by atoms with Crippen LogP contribution in [0.2, 0.25) is 0 Å². The quantitative estimate of drug-likeness (QED) is 0.157. The van der Waals surface area contributed by atoms with E-state index >= 15 is 0 Å². The zero-order chi connectivity index (χ0) is 39.8. The zero-order valence-electron chi connectivity index (χ0n) is 25.5. The van der Waals surface area contributed by atoms with Crippen molar-refractivity contribution in [2.75, 3.05) is 5.73 Å². The molecule has 0 spiro atoms. The van der Waals surface area contributed by atoms with Gasteiger partial charge in [0.2, 0.25) is 0 Å². The fraction of sp³-hybridized carbons (Fsp3) is 0.0857. The number of rotatable bonds is 3. The lowest BCUT2D eigenvalue weighted by molar-refractivity contribution is -0.138. The Morgan fingerprint density at radius 1 is 0.415 bits per heavy atom. The monoisotopic (exact) mass is 725 g/mol. The van der Waals surface area contributed by atoms with Gasteiger partial charge in [-0.25, -0.2) is 0 Å². The minimum atomic E-state index is -5.47. The molecule has 0 radical (unpaired) electrons. The van der Waals surface area contributed by atoms with Crippen LogP contribution in [0.25, 0.3) is 16.7 Å². The maximum absolute atomic E-state index is 14.5. The molecule has 1 aliphatic rings. The van der Waals surface area contributed by atoms with Crippen LogP contribution < -0.4 is 5.73 Å². The van der Waals surface area contributed by atoms with Crippen LogP contribution in [0, 0.1) is 90.6 Å². The van der Waals surface area contributed by atoms with Crippen molar-refractivity contribution in [2.24, 2.45) is 0 Å². The van der Waals surface area contributed by atoms with Gasteiger partial charge in [0.25, 0.3) is 0 Å². The lowest BCUT2D eigenvalue weighted by Gasteiger charge is -2.15. The molecule has 9 nitrogen and oxygen atoms in total. The van der Waals surface area contributed by atoms with Gasteiger partial charge in [0, 0.05) is 39.1 Å². The van der Waals surface area contributed by atoms with Crippen LogP contribution in [0.4, 0.5) is 45.2 Å². The lowest BCUT2D eigenvalue weighted by Crippen LogP contribution is -2.12. The van der Waals surface area contributed by atoms with E-state index in [1.165, 1.54) is 48.6 Å². The summed E-state index contributed by atoms with van der Waals surface area (Å²) in [5, 5.41) is 78.3.